The van der Waals surface area contributed by atoms with Gasteiger partial charge in [-0.3, -0.25) is 0 Å². The van der Waals surface area contributed by atoms with Gasteiger partial charge in [-0.2, -0.15) is 5.26 Å². The largest absolute Gasteiger partial charge is 0.303 e. The highest BCUT2D eigenvalue weighted by Gasteiger charge is 2.36. The van der Waals surface area contributed by atoms with Gasteiger partial charge in [0, 0.05) is 11.6 Å². The molecule has 1 aromatic rings. The Morgan fingerprint density at radius 2 is 2.17 bits per heavy atom. The van der Waals surface area contributed by atoms with Crippen LogP contribution in [0.4, 0.5) is 0 Å². The first kappa shape index (κ1) is 13.1. The van der Waals surface area contributed by atoms with Crippen molar-refractivity contribution >= 4 is 9.84 Å². The Kier molecular flexibility index (Phi) is 3.18. The Balaban J connectivity index is 2.36. The summed E-state index contributed by atoms with van der Waals surface area (Å²) in [7, 11) is -3.05. The summed E-state index contributed by atoms with van der Waals surface area (Å²) in [5, 5.41) is 12.2. The van der Waals surface area contributed by atoms with Gasteiger partial charge in [-0.25, -0.2) is 8.42 Å². The second-order valence-electron chi connectivity index (χ2n) is 5.37. The average Bonchev–Trinajstić information content (AvgIpc) is 2.25. The summed E-state index contributed by atoms with van der Waals surface area (Å²) in [4.78, 5) is 0. The lowest BCUT2D eigenvalue weighted by atomic mass is 10.0. The van der Waals surface area contributed by atoms with Crippen LogP contribution in [0.25, 0.3) is 0 Å². The fourth-order valence-corrected chi connectivity index (χ4v) is 4.51. The molecule has 96 valence electrons. The van der Waals surface area contributed by atoms with Gasteiger partial charge >= 0.3 is 0 Å². The van der Waals surface area contributed by atoms with E-state index in [9.17, 15) is 8.42 Å². The maximum Gasteiger partial charge on any atom is 0.153 e. The third kappa shape index (κ3) is 2.89. The first-order valence-corrected chi connectivity index (χ1v) is 7.62. The van der Waals surface area contributed by atoms with Gasteiger partial charge in [0.15, 0.2) is 9.84 Å². The maximum atomic E-state index is 11.9. The van der Waals surface area contributed by atoms with E-state index in [1.54, 1.807) is 18.2 Å². The summed E-state index contributed by atoms with van der Waals surface area (Å²) in [6, 6.07) is 8.92. The molecule has 0 bridgehead atoms. The Labute approximate surface area is 108 Å². The summed E-state index contributed by atoms with van der Waals surface area (Å²) in [6.45, 7) is 3.76. The van der Waals surface area contributed by atoms with Crippen LogP contribution in [0, 0.1) is 11.3 Å². The van der Waals surface area contributed by atoms with Crippen molar-refractivity contribution in [1.82, 2.24) is 5.32 Å². The minimum Gasteiger partial charge on any atom is -0.303 e. The van der Waals surface area contributed by atoms with Crippen LogP contribution in [0.5, 0.6) is 0 Å². The van der Waals surface area contributed by atoms with Crippen molar-refractivity contribution in [2.24, 2.45) is 0 Å². The first-order chi connectivity index (χ1) is 8.31. The van der Waals surface area contributed by atoms with Gasteiger partial charge in [-0.05, 0) is 31.5 Å². The van der Waals surface area contributed by atoms with Crippen molar-refractivity contribution in [3.63, 3.8) is 0 Å². The van der Waals surface area contributed by atoms with E-state index in [4.69, 9.17) is 5.26 Å². The van der Waals surface area contributed by atoms with Crippen molar-refractivity contribution in [1.29, 1.82) is 5.26 Å². The van der Waals surface area contributed by atoms with Gasteiger partial charge in [0.25, 0.3) is 0 Å². The monoisotopic (exact) mass is 264 g/mol. The number of sulfone groups is 1. The average molecular weight is 264 g/mol. The van der Waals surface area contributed by atoms with Crippen LogP contribution >= 0.6 is 0 Å². The zero-order valence-corrected chi connectivity index (χ0v) is 11.3. The van der Waals surface area contributed by atoms with Gasteiger partial charge in [0.2, 0.25) is 0 Å². The molecular formula is C13H16N2O2S. The summed E-state index contributed by atoms with van der Waals surface area (Å²) < 4.78 is 23.8. The fraction of sp³-hybridized carbons (Fsp3) is 0.462. The van der Waals surface area contributed by atoms with Crippen molar-refractivity contribution in [2.45, 2.75) is 25.4 Å². The molecule has 1 N–H and O–H groups in total. The summed E-state index contributed by atoms with van der Waals surface area (Å²) in [6.07, 6.45) is 0. The summed E-state index contributed by atoms with van der Waals surface area (Å²) >= 11 is 0. The van der Waals surface area contributed by atoms with E-state index in [1.165, 1.54) is 0 Å². The van der Waals surface area contributed by atoms with E-state index in [0.29, 0.717) is 5.56 Å². The molecule has 1 unspecified atom stereocenters. The highest BCUT2D eigenvalue weighted by molar-refractivity contribution is 7.91. The van der Waals surface area contributed by atoms with Crippen molar-refractivity contribution < 1.29 is 8.42 Å². The third-order valence-corrected chi connectivity index (χ3v) is 4.99. The van der Waals surface area contributed by atoms with Crippen LogP contribution < -0.4 is 5.32 Å². The molecule has 1 fully saturated rings. The van der Waals surface area contributed by atoms with Gasteiger partial charge in [-0.1, -0.05) is 12.1 Å². The molecule has 1 aliphatic heterocycles. The number of hydrogen-bond donors (Lipinski definition) is 1. The predicted octanol–water partition coefficient (Wildman–Crippen LogP) is 1.40. The number of nitrogens with zero attached hydrogens (tertiary/aromatic N) is 1. The highest BCUT2D eigenvalue weighted by Crippen LogP contribution is 2.26. The lowest BCUT2D eigenvalue weighted by molar-refractivity contribution is 0.360. The molecular weight excluding hydrogens is 248 g/mol. The van der Waals surface area contributed by atoms with E-state index < -0.39 is 15.4 Å². The number of nitrogens with one attached hydrogen (secondary N) is 1. The molecule has 18 heavy (non-hydrogen) atoms. The normalized spacial score (nSPS) is 25.3. The quantitative estimate of drug-likeness (QED) is 0.832. The lowest BCUT2D eigenvalue weighted by Crippen LogP contribution is -2.54. The molecule has 2 rings (SSSR count). The van der Waals surface area contributed by atoms with Gasteiger partial charge in [0.1, 0.15) is 0 Å². The second-order valence-corrected chi connectivity index (χ2v) is 7.48. The van der Waals surface area contributed by atoms with Gasteiger partial charge in [-0.15, -0.1) is 0 Å². The van der Waals surface area contributed by atoms with Crippen LogP contribution in [0.15, 0.2) is 24.3 Å². The fourth-order valence-electron chi connectivity index (χ4n) is 2.42. The van der Waals surface area contributed by atoms with Gasteiger partial charge < -0.3 is 5.32 Å². The van der Waals surface area contributed by atoms with Crippen molar-refractivity contribution in [3.05, 3.63) is 35.4 Å². The highest BCUT2D eigenvalue weighted by atomic mass is 32.2. The van der Waals surface area contributed by atoms with Crippen molar-refractivity contribution in [2.75, 3.05) is 11.5 Å². The number of nitriles is 1. The molecule has 0 amide bonds. The Bertz CT molecular complexity index is 600. The van der Waals surface area contributed by atoms with Crippen LogP contribution in [-0.4, -0.2) is 25.5 Å². The molecule has 0 spiro atoms. The molecule has 4 nitrogen and oxygen atoms in total. The van der Waals surface area contributed by atoms with Crippen LogP contribution in [0.2, 0.25) is 0 Å². The van der Waals surface area contributed by atoms with E-state index in [1.807, 2.05) is 19.9 Å². The second kappa shape index (κ2) is 4.38. The molecule has 0 aliphatic carbocycles. The Hall–Kier alpha value is -1.38. The van der Waals surface area contributed by atoms with E-state index in [0.717, 1.165) is 5.56 Å². The minimum atomic E-state index is -3.05. The predicted molar refractivity (Wildman–Crippen MR) is 69.8 cm³/mol. The van der Waals surface area contributed by atoms with Gasteiger partial charge in [0.05, 0.1) is 23.1 Å². The lowest BCUT2D eigenvalue weighted by Gasteiger charge is -2.37. The first-order valence-electron chi connectivity index (χ1n) is 5.79. The minimum absolute atomic E-state index is 0.0886. The molecule has 1 heterocycles. The van der Waals surface area contributed by atoms with Crippen molar-refractivity contribution in [3.8, 4) is 6.07 Å². The number of rotatable bonds is 1. The maximum absolute atomic E-state index is 11.9. The molecule has 0 aromatic heterocycles. The summed E-state index contributed by atoms with van der Waals surface area (Å²) in [5.41, 5.74) is 0.963. The van der Waals surface area contributed by atoms with E-state index >= 15 is 0 Å². The SMILES string of the molecule is CC1(C)CS(=O)(=O)CC(c2cccc(C#N)c2)N1. The molecule has 1 aliphatic rings. The standard InChI is InChI=1S/C13H16N2O2S/c1-13(2)9-18(16,17)8-12(15-13)11-5-3-4-10(6-11)7-14/h3-6,12,15H,8-9H2,1-2H3. The molecule has 1 atom stereocenters. The van der Waals surface area contributed by atoms with Crippen LogP contribution in [0.3, 0.4) is 0 Å². The van der Waals surface area contributed by atoms with E-state index in [-0.39, 0.29) is 17.5 Å². The topological polar surface area (TPSA) is 70.0 Å². The molecule has 5 heteroatoms. The third-order valence-electron chi connectivity index (χ3n) is 2.98. The van der Waals surface area contributed by atoms with Crippen LogP contribution in [-0.2, 0) is 9.84 Å². The molecule has 1 aromatic carbocycles. The zero-order valence-electron chi connectivity index (χ0n) is 10.5. The molecule has 0 radical (unpaired) electrons. The Morgan fingerprint density at radius 1 is 1.44 bits per heavy atom. The smallest absolute Gasteiger partial charge is 0.153 e. The number of hydrogen-bond acceptors (Lipinski definition) is 4. The molecule has 1 saturated heterocycles. The Morgan fingerprint density at radius 3 is 2.78 bits per heavy atom. The molecule has 0 saturated carbocycles. The zero-order chi connectivity index (χ0) is 13.4. The van der Waals surface area contributed by atoms with Crippen LogP contribution in [0.1, 0.15) is 31.0 Å². The summed E-state index contributed by atoms with van der Waals surface area (Å²) in [5.74, 6) is 0.236. The number of benzene rings is 1. The van der Waals surface area contributed by atoms with E-state index in [2.05, 4.69) is 11.4 Å².